The molecule has 3 aromatic heterocycles. The number of imidazole rings is 1. The number of fused-ring (bicyclic) bond motifs is 20. The van der Waals surface area contributed by atoms with Crippen molar-refractivity contribution in [1.82, 2.24) is 14.1 Å². The van der Waals surface area contributed by atoms with Crippen LogP contribution in [0.4, 0.5) is 0 Å². The molecule has 1 spiro atoms. The molecule has 82 heavy (non-hydrogen) atoms. The summed E-state index contributed by atoms with van der Waals surface area (Å²) < 4.78 is 13.6. The van der Waals surface area contributed by atoms with E-state index in [1.165, 1.54) is 77.7 Å². The third-order valence-corrected chi connectivity index (χ3v) is 17.8. The zero-order valence-corrected chi connectivity index (χ0v) is 45.5. The molecule has 0 radical (unpaired) electrons. The molecule has 17 rings (SSSR count). The van der Waals surface area contributed by atoms with E-state index in [9.17, 15) is 0 Å². The van der Waals surface area contributed by atoms with E-state index in [4.69, 9.17) is 9.72 Å². The summed E-state index contributed by atoms with van der Waals surface area (Å²) in [7, 11) is 0. The fourth-order valence-electron chi connectivity index (χ4n) is 14.1. The van der Waals surface area contributed by atoms with Gasteiger partial charge in [0.1, 0.15) is 17.3 Å². The second-order valence-electron chi connectivity index (χ2n) is 23.2. The van der Waals surface area contributed by atoms with Crippen molar-refractivity contribution in [3.05, 3.63) is 295 Å². The third-order valence-electron chi connectivity index (χ3n) is 17.8. The number of ether oxygens (including phenoxy) is 1. The minimum absolute atomic E-state index is 0.0300. The summed E-state index contributed by atoms with van der Waals surface area (Å²) in [6.45, 7) is 6.73. The maximum atomic E-state index is 6.89. The Balaban J connectivity index is 0.812. The first-order chi connectivity index (χ1) is 40.3. The van der Waals surface area contributed by atoms with Crippen molar-refractivity contribution in [2.24, 2.45) is 0 Å². The summed E-state index contributed by atoms with van der Waals surface area (Å²) in [5, 5.41) is 2.32. The Morgan fingerprint density at radius 3 is 1.66 bits per heavy atom. The Morgan fingerprint density at radius 1 is 0.415 bits per heavy atom. The van der Waals surface area contributed by atoms with Gasteiger partial charge in [-0.05, 0) is 167 Å². The molecule has 4 heterocycles. The number of aromatic nitrogens is 4. The SMILES string of the molecule is CC(C)(C)c1ccnc(-n2c3ccccc3c3ccc(Oc4cccc(-n5[c-][n+]6c7c(cccc75)-c5ccccc5-c5ccccc5-c5cc(-c7ccc8c(c7)-c7ccccc7C87c8ccccc8-c8ccccc87)ccc5-6)c4)cc32)c1. The lowest BCUT2D eigenvalue weighted by molar-refractivity contribution is -0.571. The summed E-state index contributed by atoms with van der Waals surface area (Å²) in [4.78, 5) is 4.93. The highest BCUT2D eigenvalue weighted by Gasteiger charge is 2.51. The van der Waals surface area contributed by atoms with Gasteiger partial charge in [0.25, 0.3) is 6.33 Å². The van der Waals surface area contributed by atoms with Gasteiger partial charge in [-0.2, -0.15) is 0 Å². The molecule has 14 aromatic rings. The molecule has 5 nitrogen and oxygen atoms in total. The molecule has 11 aromatic carbocycles. The third kappa shape index (κ3) is 6.62. The van der Waals surface area contributed by atoms with Crippen LogP contribution >= 0.6 is 0 Å². The van der Waals surface area contributed by atoms with Crippen LogP contribution in [0, 0.1) is 6.33 Å². The normalized spacial score (nSPS) is 13.2. The summed E-state index contributed by atoms with van der Waals surface area (Å²) in [6, 6.07) is 93.5. The Bertz CT molecular complexity index is 4980. The largest absolute Gasteiger partial charge is 0.458 e. The van der Waals surface area contributed by atoms with Gasteiger partial charge in [-0.1, -0.05) is 203 Å². The minimum Gasteiger partial charge on any atom is -0.458 e. The Morgan fingerprint density at radius 2 is 0.951 bits per heavy atom. The van der Waals surface area contributed by atoms with Gasteiger partial charge in [-0.3, -0.25) is 13.7 Å². The number of benzene rings is 11. The van der Waals surface area contributed by atoms with Crippen LogP contribution in [0.3, 0.4) is 0 Å². The van der Waals surface area contributed by atoms with Gasteiger partial charge in [0.05, 0.1) is 38.9 Å². The van der Waals surface area contributed by atoms with Crippen molar-refractivity contribution in [1.29, 1.82) is 0 Å². The van der Waals surface area contributed by atoms with Gasteiger partial charge in [0.15, 0.2) is 0 Å². The van der Waals surface area contributed by atoms with Crippen LogP contribution in [0.15, 0.2) is 261 Å². The van der Waals surface area contributed by atoms with Gasteiger partial charge >= 0.3 is 0 Å². The highest BCUT2D eigenvalue weighted by Crippen LogP contribution is 2.63. The second-order valence-corrected chi connectivity index (χ2v) is 23.2. The van der Waals surface area contributed by atoms with E-state index in [1.807, 2.05) is 12.3 Å². The number of hydrogen-bond acceptors (Lipinski definition) is 2. The molecule has 0 saturated carbocycles. The average molecular weight is 1050 g/mol. The topological polar surface area (TPSA) is 35.9 Å². The molecule has 0 unspecified atom stereocenters. The highest BCUT2D eigenvalue weighted by atomic mass is 16.5. The Kier molecular flexibility index (Phi) is 9.83. The minimum atomic E-state index is -0.396. The van der Waals surface area contributed by atoms with Gasteiger partial charge in [-0.25, -0.2) is 4.98 Å². The van der Waals surface area contributed by atoms with E-state index < -0.39 is 5.41 Å². The molecule has 2 aliphatic carbocycles. The van der Waals surface area contributed by atoms with Crippen LogP contribution in [0.1, 0.15) is 48.6 Å². The van der Waals surface area contributed by atoms with E-state index in [0.717, 1.165) is 78.4 Å². The maximum Gasteiger partial charge on any atom is 0.269 e. The van der Waals surface area contributed by atoms with Gasteiger partial charge in [0.2, 0.25) is 0 Å². The van der Waals surface area contributed by atoms with Crippen molar-refractivity contribution in [3.63, 3.8) is 0 Å². The first kappa shape index (κ1) is 46.5. The zero-order valence-electron chi connectivity index (χ0n) is 45.5. The average Bonchev–Trinajstić information content (AvgIpc) is 2.87. The van der Waals surface area contributed by atoms with Gasteiger partial charge in [-0.15, -0.1) is 0 Å². The van der Waals surface area contributed by atoms with Crippen LogP contribution in [0.2, 0.25) is 0 Å². The van der Waals surface area contributed by atoms with Gasteiger partial charge in [0, 0.05) is 23.0 Å². The lowest BCUT2D eigenvalue weighted by Crippen LogP contribution is -2.31. The Labute approximate surface area is 475 Å². The molecule has 3 aliphatic rings. The van der Waals surface area contributed by atoms with Crippen molar-refractivity contribution in [2.45, 2.75) is 31.6 Å². The highest BCUT2D eigenvalue weighted by molar-refractivity contribution is 6.10. The zero-order chi connectivity index (χ0) is 54.4. The summed E-state index contributed by atoms with van der Waals surface area (Å²) in [5.74, 6) is 2.34. The molecule has 0 amide bonds. The maximum absolute atomic E-state index is 6.89. The molecular weight excluding hydrogens is 997 g/mol. The van der Waals surface area contributed by atoms with Crippen molar-refractivity contribution in [3.8, 4) is 95.5 Å². The number of para-hydroxylation sites is 2. The molecule has 0 atom stereocenters. The van der Waals surface area contributed by atoms with E-state index in [1.54, 1.807) is 0 Å². The van der Waals surface area contributed by atoms with Gasteiger partial charge < -0.3 is 4.74 Å². The van der Waals surface area contributed by atoms with Crippen LogP contribution in [-0.2, 0) is 10.8 Å². The lowest BCUT2D eigenvalue weighted by Gasteiger charge is -2.30. The molecular formula is C77H52N4O. The van der Waals surface area contributed by atoms with Crippen molar-refractivity contribution < 1.29 is 9.30 Å². The Hall–Kier alpha value is -10.4. The second kappa shape index (κ2) is 17.3. The standard InChI is InChI=1S/C77H52N4O/c1-76(2,3)50-40-41-78-74(44-50)81-71-32-15-11-27-61(71)62-37-36-53(46-73(62)81)82-52-19-16-18-51(45-52)79-47-80-70-39-35-49(43-65(70)57-23-7-5-21-55(57)54-20-4-6-22-56(54)63-28-17-33-72(79)75(63)80)48-34-38-69-64(42-48)60-26-10-14-31-68(60)77(69)66-29-12-8-24-58(66)59-25-9-13-30-67(59)77/h4-46H,1-3H3. The summed E-state index contributed by atoms with van der Waals surface area (Å²) in [5.41, 5.74) is 26.9. The molecule has 0 bridgehead atoms. The monoisotopic (exact) mass is 1050 g/mol. The summed E-state index contributed by atoms with van der Waals surface area (Å²) in [6.07, 6.45) is 5.87. The fourth-order valence-corrected chi connectivity index (χ4v) is 14.1. The predicted molar refractivity (Wildman–Crippen MR) is 333 cm³/mol. The molecule has 0 N–H and O–H groups in total. The van der Waals surface area contributed by atoms with Crippen LogP contribution in [0.25, 0.3) is 117 Å². The first-order valence-electron chi connectivity index (χ1n) is 28.3. The molecule has 386 valence electrons. The van der Waals surface area contributed by atoms with Crippen molar-refractivity contribution in [2.75, 3.05) is 0 Å². The number of nitrogens with zero attached hydrogens (tertiary/aromatic N) is 4. The van der Waals surface area contributed by atoms with Crippen LogP contribution in [0.5, 0.6) is 11.5 Å². The molecule has 5 heteroatoms. The lowest BCUT2D eigenvalue weighted by atomic mass is 9.70. The molecule has 0 saturated heterocycles. The number of hydrogen-bond donors (Lipinski definition) is 0. The van der Waals surface area contributed by atoms with E-state index in [-0.39, 0.29) is 5.41 Å². The smallest absolute Gasteiger partial charge is 0.269 e. The summed E-state index contributed by atoms with van der Waals surface area (Å²) >= 11 is 0. The van der Waals surface area contributed by atoms with Crippen LogP contribution < -0.4 is 9.30 Å². The van der Waals surface area contributed by atoms with Crippen LogP contribution in [-0.4, -0.2) is 14.1 Å². The van der Waals surface area contributed by atoms with E-state index in [2.05, 4.69) is 290 Å². The van der Waals surface area contributed by atoms with E-state index >= 15 is 0 Å². The fraction of sp³-hybridized carbons (Fsp3) is 0.0649. The number of pyridine rings is 1. The van der Waals surface area contributed by atoms with E-state index in [0.29, 0.717) is 0 Å². The molecule has 1 aliphatic heterocycles. The quantitative estimate of drug-likeness (QED) is 0.127. The van der Waals surface area contributed by atoms with Crippen molar-refractivity contribution >= 4 is 32.8 Å². The first-order valence-corrected chi connectivity index (χ1v) is 28.3. The number of rotatable bonds is 5. The molecule has 0 fully saturated rings. The predicted octanol–water partition coefficient (Wildman–Crippen LogP) is 18.6.